The van der Waals surface area contributed by atoms with Gasteiger partial charge in [0.25, 0.3) is 5.89 Å². The van der Waals surface area contributed by atoms with Crippen molar-refractivity contribution in [2.24, 2.45) is 0 Å². The molecule has 0 radical (unpaired) electrons. The summed E-state index contributed by atoms with van der Waals surface area (Å²) in [7, 11) is 0. The minimum absolute atomic E-state index is 0.561. The molecule has 0 N–H and O–H groups in total. The second-order valence-electron chi connectivity index (χ2n) is 6.67. The molecule has 1 aromatic carbocycles. The number of rotatable bonds is 4. The fraction of sp³-hybridized carbons (Fsp3) is 0.350. The average Bonchev–Trinajstić information content (AvgIpc) is 3.23. The van der Waals surface area contributed by atoms with E-state index in [2.05, 4.69) is 26.9 Å². The molecule has 0 bridgehead atoms. The molecule has 1 fully saturated rings. The van der Waals surface area contributed by atoms with Crippen molar-refractivity contribution >= 4 is 17.3 Å². The lowest BCUT2D eigenvalue weighted by molar-refractivity contribution is 0.246. The van der Waals surface area contributed by atoms with Gasteiger partial charge in [-0.05, 0) is 50.2 Å². The lowest BCUT2D eigenvalue weighted by Crippen LogP contribution is -2.46. The summed E-state index contributed by atoms with van der Waals surface area (Å²) in [5.74, 6) is 2.96. The summed E-state index contributed by atoms with van der Waals surface area (Å²) < 4.78 is 11.4. The molecule has 5 nitrogen and oxygen atoms in total. The van der Waals surface area contributed by atoms with E-state index in [-0.39, 0.29) is 0 Å². The Hall–Kier alpha value is -2.24. The Morgan fingerprint density at radius 2 is 1.69 bits per heavy atom. The van der Waals surface area contributed by atoms with E-state index in [0.717, 1.165) is 55.0 Å². The van der Waals surface area contributed by atoms with Crippen LogP contribution in [0.5, 0.6) is 0 Å². The number of hydrogen-bond donors (Lipinski definition) is 0. The van der Waals surface area contributed by atoms with Gasteiger partial charge < -0.3 is 13.7 Å². The van der Waals surface area contributed by atoms with Gasteiger partial charge in [-0.1, -0.05) is 11.6 Å². The summed E-state index contributed by atoms with van der Waals surface area (Å²) in [4.78, 5) is 9.44. The summed E-state index contributed by atoms with van der Waals surface area (Å²) in [5.41, 5.74) is 2.20. The summed E-state index contributed by atoms with van der Waals surface area (Å²) in [6.45, 7) is 8.63. The number of hydrogen-bond acceptors (Lipinski definition) is 5. The second-order valence-corrected chi connectivity index (χ2v) is 7.11. The smallest absolute Gasteiger partial charge is 0.263 e. The van der Waals surface area contributed by atoms with Crippen LogP contribution in [0.15, 0.2) is 45.2 Å². The highest BCUT2D eigenvalue weighted by Crippen LogP contribution is 2.25. The Morgan fingerprint density at radius 1 is 0.962 bits per heavy atom. The van der Waals surface area contributed by atoms with E-state index >= 15 is 0 Å². The van der Waals surface area contributed by atoms with E-state index in [0.29, 0.717) is 11.7 Å². The highest BCUT2D eigenvalue weighted by molar-refractivity contribution is 6.30. The molecule has 3 heterocycles. The summed E-state index contributed by atoms with van der Waals surface area (Å²) in [5, 5.41) is 0.774. The lowest BCUT2D eigenvalue weighted by atomic mass is 10.2. The van der Waals surface area contributed by atoms with E-state index in [4.69, 9.17) is 20.4 Å². The first-order valence-electron chi connectivity index (χ1n) is 8.84. The zero-order chi connectivity index (χ0) is 18.1. The summed E-state index contributed by atoms with van der Waals surface area (Å²) in [6.07, 6.45) is 0. The Labute approximate surface area is 158 Å². The van der Waals surface area contributed by atoms with Crippen molar-refractivity contribution in [1.82, 2.24) is 9.88 Å². The number of oxazole rings is 1. The maximum Gasteiger partial charge on any atom is 0.263 e. The Kier molecular flexibility index (Phi) is 4.74. The molecule has 136 valence electrons. The van der Waals surface area contributed by atoms with E-state index < -0.39 is 0 Å². The van der Waals surface area contributed by atoms with Gasteiger partial charge in [0.05, 0.1) is 5.69 Å². The first kappa shape index (κ1) is 17.2. The van der Waals surface area contributed by atoms with Crippen LogP contribution in [0.1, 0.15) is 17.2 Å². The maximum absolute atomic E-state index is 5.98. The molecule has 2 aromatic heterocycles. The quantitative estimate of drug-likeness (QED) is 0.674. The van der Waals surface area contributed by atoms with Gasteiger partial charge in [-0.25, -0.2) is 4.98 Å². The minimum Gasteiger partial charge on any atom is -0.456 e. The number of furan rings is 1. The van der Waals surface area contributed by atoms with Crippen LogP contribution >= 0.6 is 11.6 Å². The number of nitrogens with zero attached hydrogens (tertiary/aromatic N) is 3. The highest BCUT2D eigenvalue weighted by atomic mass is 35.5. The monoisotopic (exact) mass is 371 g/mol. The van der Waals surface area contributed by atoms with Crippen LogP contribution in [-0.2, 0) is 6.54 Å². The number of anilines is 1. The fourth-order valence-corrected chi connectivity index (χ4v) is 3.38. The molecular weight excluding hydrogens is 350 g/mol. The molecule has 1 aliphatic rings. The van der Waals surface area contributed by atoms with Crippen molar-refractivity contribution < 1.29 is 8.83 Å². The molecule has 0 amide bonds. The van der Waals surface area contributed by atoms with E-state index in [9.17, 15) is 0 Å². The van der Waals surface area contributed by atoms with E-state index in [1.165, 1.54) is 5.69 Å². The molecule has 0 saturated carbocycles. The molecule has 0 atom stereocenters. The number of benzene rings is 1. The van der Waals surface area contributed by atoms with Crippen LogP contribution in [0.4, 0.5) is 5.69 Å². The molecule has 0 aliphatic carbocycles. The third-order valence-electron chi connectivity index (χ3n) is 4.78. The van der Waals surface area contributed by atoms with Crippen LogP contribution in [0.3, 0.4) is 0 Å². The van der Waals surface area contributed by atoms with Crippen molar-refractivity contribution in [1.29, 1.82) is 0 Å². The van der Waals surface area contributed by atoms with Gasteiger partial charge in [-0.15, -0.1) is 0 Å². The second kappa shape index (κ2) is 7.17. The molecule has 4 rings (SSSR count). The highest BCUT2D eigenvalue weighted by Gasteiger charge is 2.21. The van der Waals surface area contributed by atoms with Gasteiger partial charge >= 0.3 is 0 Å². The normalized spacial score (nSPS) is 15.6. The van der Waals surface area contributed by atoms with Crippen molar-refractivity contribution in [3.05, 3.63) is 58.6 Å². The van der Waals surface area contributed by atoms with E-state index in [1.54, 1.807) is 0 Å². The molecule has 6 heteroatoms. The maximum atomic E-state index is 5.98. The van der Waals surface area contributed by atoms with Gasteiger partial charge in [-0.3, -0.25) is 4.90 Å². The van der Waals surface area contributed by atoms with Crippen LogP contribution in [0.2, 0.25) is 5.02 Å². The molecule has 26 heavy (non-hydrogen) atoms. The Balaban J connectivity index is 1.38. The number of halogens is 1. The van der Waals surface area contributed by atoms with Crippen LogP contribution in [-0.4, -0.2) is 36.1 Å². The molecule has 0 unspecified atom stereocenters. The number of aromatic nitrogens is 1. The third kappa shape index (κ3) is 3.64. The molecule has 1 aliphatic heterocycles. The average molecular weight is 372 g/mol. The van der Waals surface area contributed by atoms with Crippen LogP contribution < -0.4 is 4.90 Å². The lowest BCUT2D eigenvalue weighted by Gasteiger charge is -2.35. The standard InChI is InChI=1S/C20H22ClN3O2/c1-14-3-8-19(25-14)20-22-18(15(2)26-20)13-23-9-11-24(12-10-23)17-6-4-16(21)5-7-17/h3-8H,9-13H2,1-2H3. The van der Waals surface area contributed by atoms with Crippen molar-refractivity contribution in [2.45, 2.75) is 20.4 Å². The molecule has 1 saturated heterocycles. The van der Waals surface area contributed by atoms with Crippen molar-refractivity contribution in [3.8, 4) is 11.7 Å². The zero-order valence-electron chi connectivity index (χ0n) is 15.0. The van der Waals surface area contributed by atoms with Crippen LogP contribution in [0.25, 0.3) is 11.7 Å². The first-order chi connectivity index (χ1) is 12.6. The van der Waals surface area contributed by atoms with Gasteiger partial charge in [0.15, 0.2) is 5.76 Å². The predicted octanol–water partition coefficient (Wildman–Crippen LogP) is 4.53. The number of aryl methyl sites for hydroxylation is 2. The van der Waals surface area contributed by atoms with Gasteiger partial charge in [-0.2, -0.15) is 0 Å². The van der Waals surface area contributed by atoms with Crippen molar-refractivity contribution in [3.63, 3.8) is 0 Å². The number of piperazine rings is 1. The van der Waals surface area contributed by atoms with Crippen molar-refractivity contribution in [2.75, 3.05) is 31.1 Å². The van der Waals surface area contributed by atoms with Gasteiger partial charge in [0, 0.05) is 43.4 Å². The SMILES string of the molecule is Cc1ccc(-c2nc(CN3CCN(c4ccc(Cl)cc4)CC3)c(C)o2)o1. The van der Waals surface area contributed by atoms with E-state index in [1.807, 2.05) is 38.1 Å². The minimum atomic E-state index is 0.561. The Bertz CT molecular complexity index is 877. The fourth-order valence-electron chi connectivity index (χ4n) is 3.26. The molecule has 0 spiro atoms. The Morgan fingerprint density at radius 3 is 2.35 bits per heavy atom. The topological polar surface area (TPSA) is 45.7 Å². The van der Waals surface area contributed by atoms with Gasteiger partial charge in [0.1, 0.15) is 11.5 Å². The zero-order valence-corrected chi connectivity index (χ0v) is 15.8. The van der Waals surface area contributed by atoms with Gasteiger partial charge in [0.2, 0.25) is 0 Å². The predicted molar refractivity (Wildman–Crippen MR) is 103 cm³/mol. The molecular formula is C20H22ClN3O2. The first-order valence-corrected chi connectivity index (χ1v) is 9.22. The third-order valence-corrected chi connectivity index (χ3v) is 5.03. The summed E-state index contributed by atoms with van der Waals surface area (Å²) in [6, 6.07) is 11.9. The van der Waals surface area contributed by atoms with Crippen LogP contribution in [0, 0.1) is 13.8 Å². The molecule has 3 aromatic rings. The largest absolute Gasteiger partial charge is 0.456 e. The summed E-state index contributed by atoms with van der Waals surface area (Å²) >= 11 is 5.98.